The second kappa shape index (κ2) is 3.92. The van der Waals surface area contributed by atoms with Crippen LogP contribution in [-0.2, 0) is 0 Å². The molecule has 4 heteroatoms. The first kappa shape index (κ1) is 10.3. The van der Waals surface area contributed by atoms with Crippen molar-refractivity contribution in [3.05, 3.63) is 48.4 Å². The van der Waals surface area contributed by atoms with E-state index in [0.717, 1.165) is 23.8 Å². The molecule has 0 amide bonds. The molecule has 1 aromatic carbocycles. The molecule has 1 saturated heterocycles. The molecule has 2 aliphatic rings. The Morgan fingerprint density at radius 3 is 3.22 bits per heavy atom. The van der Waals surface area contributed by atoms with Gasteiger partial charge in [-0.05, 0) is 12.1 Å². The summed E-state index contributed by atoms with van der Waals surface area (Å²) in [5, 5.41) is 2.78. The van der Waals surface area contributed by atoms with Gasteiger partial charge >= 0.3 is 0 Å². The summed E-state index contributed by atoms with van der Waals surface area (Å²) < 4.78 is 5.63. The summed E-state index contributed by atoms with van der Waals surface area (Å²) in [7, 11) is 0. The molecule has 0 radical (unpaired) electrons. The molecular formula is C14H12N2OS. The number of nitrogens with zero attached hydrogens (tertiary/aromatic N) is 2. The molecule has 0 spiro atoms. The minimum Gasteiger partial charge on any atom is -0.464 e. The number of para-hydroxylation sites is 1. The minimum atomic E-state index is 0.423. The normalized spacial score (nSPS) is 22.3. The number of rotatable bonds is 1. The molecule has 18 heavy (non-hydrogen) atoms. The van der Waals surface area contributed by atoms with E-state index in [1.807, 2.05) is 36.4 Å². The van der Waals surface area contributed by atoms with Crippen LogP contribution in [-0.4, -0.2) is 23.2 Å². The van der Waals surface area contributed by atoms with Crippen LogP contribution in [0, 0.1) is 0 Å². The molecule has 1 atom stereocenters. The third kappa shape index (κ3) is 1.49. The van der Waals surface area contributed by atoms with Gasteiger partial charge in [0.25, 0.3) is 0 Å². The van der Waals surface area contributed by atoms with Crippen molar-refractivity contribution < 1.29 is 4.42 Å². The lowest BCUT2D eigenvalue weighted by Gasteiger charge is -2.17. The van der Waals surface area contributed by atoms with Gasteiger partial charge in [-0.25, -0.2) is 4.99 Å². The Labute approximate surface area is 109 Å². The summed E-state index contributed by atoms with van der Waals surface area (Å²) in [5.74, 6) is 0. The Morgan fingerprint density at radius 2 is 2.28 bits per heavy atom. The maximum absolute atomic E-state index is 5.63. The SMILES string of the molecule is C1=CN=C2SC(c3coc4ccccc34)CN2C1. The Bertz CT molecular complexity index is 659. The quantitative estimate of drug-likeness (QED) is 0.783. The van der Waals surface area contributed by atoms with Crippen LogP contribution in [0.15, 0.2) is 52.2 Å². The third-order valence-electron chi connectivity index (χ3n) is 3.38. The Balaban J connectivity index is 1.73. The van der Waals surface area contributed by atoms with Crippen LogP contribution in [0.25, 0.3) is 11.0 Å². The number of thioether (sulfide) groups is 1. The highest BCUT2D eigenvalue weighted by Gasteiger charge is 2.31. The topological polar surface area (TPSA) is 28.7 Å². The number of fused-ring (bicyclic) bond motifs is 2. The molecule has 0 N–H and O–H groups in total. The fraction of sp³-hybridized carbons (Fsp3) is 0.214. The molecule has 3 heterocycles. The van der Waals surface area contributed by atoms with Crippen LogP contribution < -0.4 is 0 Å². The average Bonchev–Trinajstić information content (AvgIpc) is 3.02. The van der Waals surface area contributed by atoms with Gasteiger partial charge in [0.15, 0.2) is 5.17 Å². The Morgan fingerprint density at radius 1 is 1.33 bits per heavy atom. The van der Waals surface area contributed by atoms with Crippen molar-refractivity contribution in [1.29, 1.82) is 0 Å². The zero-order chi connectivity index (χ0) is 11.9. The Kier molecular flexibility index (Phi) is 2.23. The van der Waals surface area contributed by atoms with E-state index in [4.69, 9.17) is 4.42 Å². The van der Waals surface area contributed by atoms with E-state index in [2.05, 4.69) is 28.1 Å². The summed E-state index contributed by atoms with van der Waals surface area (Å²) in [6, 6.07) is 8.22. The third-order valence-corrected chi connectivity index (χ3v) is 4.64. The van der Waals surface area contributed by atoms with Gasteiger partial charge in [0.2, 0.25) is 0 Å². The number of aliphatic imine (C=N–C) groups is 1. The number of hydrogen-bond donors (Lipinski definition) is 0. The molecule has 2 aliphatic heterocycles. The molecule has 1 unspecified atom stereocenters. The van der Waals surface area contributed by atoms with Crippen LogP contribution in [0.3, 0.4) is 0 Å². The van der Waals surface area contributed by atoms with Crippen molar-refractivity contribution in [3.8, 4) is 0 Å². The van der Waals surface area contributed by atoms with Crippen molar-refractivity contribution in [1.82, 2.24) is 4.90 Å². The van der Waals surface area contributed by atoms with E-state index in [1.54, 1.807) is 0 Å². The first-order valence-electron chi connectivity index (χ1n) is 6.02. The second-order valence-corrected chi connectivity index (χ2v) is 5.67. The van der Waals surface area contributed by atoms with Gasteiger partial charge in [-0.2, -0.15) is 0 Å². The van der Waals surface area contributed by atoms with Crippen molar-refractivity contribution in [2.75, 3.05) is 13.1 Å². The van der Waals surface area contributed by atoms with Gasteiger partial charge in [0, 0.05) is 30.2 Å². The molecule has 3 nitrogen and oxygen atoms in total. The zero-order valence-corrected chi connectivity index (χ0v) is 10.6. The first-order valence-corrected chi connectivity index (χ1v) is 6.90. The highest BCUT2D eigenvalue weighted by Crippen LogP contribution is 2.42. The molecule has 90 valence electrons. The highest BCUT2D eigenvalue weighted by molar-refractivity contribution is 8.14. The van der Waals surface area contributed by atoms with E-state index in [0.29, 0.717) is 5.25 Å². The van der Waals surface area contributed by atoms with Gasteiger partial charge in [-0.1, -0.05) is 30.0 Å². The van der Waals surface area contributed by atoms with Gasteiger partial charge in [-0.15, -0.1) is 0 Å². The molecular weight excluding hydrogens is 244 g/mol. The zero-order valence-electron chi connectivity index (χ0n) is 9.74. The second-order valence-electron chi connectivity index (χ2n) is 4.50. The van der Waals surface area contributed by atoms with Crippen molar-refractivity contribution >= 4 is 27.9 Å². The summed E-state index contributed by atoms with van der Waals surface area (Å²) in [4.78, 5) is 6.74. The van der Waals surface area contributed by atoms with Gasteiger partial charge in [0.1, 0.15) is 5.58 Å². The lowest BCUT2D eigenvalue weighted by atomic mass is 10.1. The fourth-order valence-corrected chi connectivity index (χ4v) is 3.72. The lowest BCUT2D eigenvalue weighted by molar-refractivity contribution is 0.478. The Hall–Kier alpha value is -1.68. The summed E-state index contributed by atoms with van der Waals surface area (Å²) in [6.45, 7) is 1.98. The monoisotopic (exact) mass is 256 g/mol. The average molecular weight is 256 g/mol. The molecule has 4 rings (SSSR count). The number of furan rings is 1. The maximum atomic E-state index is 5.63. The van der Waals surface area contributed by atoms with E-state index in [1.165, 1.54) is 10.9 Å². The highest BCUT2D eigenvalue weighted by atomic mass is 32.2. The molecule has 1 fully saturated rings. The molecule has 0 bridgehead atoms. The van der Waals surface area contributed by atoms with Crippen LogP contribution in [0.5, 0.6) is 0 Å². The minimum absolute atomic E-state index is 0.423. The fourth-order valence-electron chi connectivity index (χ4n) is 2.48. The van der Waals surface area contributed by atoms with Gasteiger partial charge in [-0.3, -0.25) is 0 Å². The smallest absolute Gasteiger partial charge is 0.164 e. The van der Waals surface area contributed by atoms with E-state index in [9.17, 15) is 0 Å². The predicted octanol–water partition coefficient (Wildman–Crippen LogP) is 3.41. The largest absolute Gasteiger partial charge is 0.464 e. The van der Waals surface area contributed by atoms with Crippen LogP contribution in [0.2, 0.25) is 0 Å². The van der Waals surface area contributed by atoms with Gasteiger partial charge < -0.3 is 9.32 Å². The predicted molar refractivity (Wildman–Crippen MR) is 74.7 cm³/mol. The van der Waals surface area contributed by atoms with Crippen molar-refractivity contribution in [3.63, 3.8) is 0 Å². The van der Waals surface area contributed by atoms with Crippen molar-refractivity contribution in [2.24, 2.45) is 4.99 Å². The summed E-state index contributed by atoms with van der Waals surface area (Å²) >= 11 is 1.83. The van der Waals surface area contributed by atoms with Crippen LogP contribution in [0.4, 0.5) is 0 Å². The standard InChI is InChI=1S/C14H12N2OS/c1-2-5-12-10(4-1)11(9-17-12)13-8-16-7-3-6-15-14(16)18-13/h1-6,9,13H,7-8H2. The summed E-state index contributed by atoms with van der Waals surface area (Å²) in [5.41, 5.74) is 2.26. The maximum Gasteiger partial charge on any atom is 0.164 e. The number of hydrogen-bond acceptors (Lipinski definition) is 4. The van der Waals surface area contributed by atoms with Crippen LogP contribution in [0.1, 0.15) is 10.8 Å². The first-order chi connectivity index (χ1) is 8.92. The number of amidine groups is 1. The molecule has 2 aromatic rings. The van der Waals surface area contributed by atoms with E-state index in [-0.39, 0.29) is 0 Å². The van der Waals surface area contributed by atoms with E-state index >= 15 is 0 Å². The van der Waals surface area contributed by atoms with Crippen molar-refractivity contribution in [2.45, 2.75) is 5.25 Å². The van der Waals surface area contributed by atoms with Gasteiger partial charge in [0.05, 0.1) is 11.5 Å². The molecule has 1 aromatic heterocycles. The molecule has 0 saturated carbocycles. The molecule has 0 aliphatic carbocycles. The summed E-state index contributed by atoms with van der Waals surface area (Å²) in [6.07, 6.45) is 5.89. The lowest BCUT2D eigenvalue weighted by Crippen LogP contribution is -2.26. The van der Waals surface area contributed by atoms with Crippen LogP contribution >= 0.6 is 11.8 Å². The van der Waals surface area contributed by atoms with E-state index < -0.39 is 0 Å². The number of benzene rings is 1.